The van der Waals surface area contributed by atoms with Gasteiger partial charge in [-0.15, -0.1) is 0 Å². The summed E-state index contributed by atoms with van der Waals surface area (Å²) >= 11 is -0.586. The van der Waals surface area contributed by atoms with Gasteiger partial charge in [0.25, 0.3) is 0 Å². The van der Waals surface area contributed by atoms with Gasteiger partial charge in [-0.1, -0.05) is 13.8 Å². The van der Waals surface area contributed by atoms with Gasteiger partial charge in [-0.25, -0.2) is 0 Å². The maximum atomic E-state index is 4.89. The summed E-state index contributed by atoms with van der Waals surface area (Å²) in [7, 11) is 9.79. The number of halogens is 2. The molecule has 10 radical (unpaired) electrons. The Labute approximate surface area is 112 Å². The zero-order valence-electron chi connectivity index (χ0n) is 8.78. The monoisotopic (exact) mass is 326 g/mol. The summed E-state index contributed by atoms with van der Waals surface area (Å²) in [6.45, 7) is 4.17. The van der Waals surface area contributed by atoms with Crippen molar-refractivity contribution in [2.24, 2.45) is 0 Å². The number of hydrogen-bond acceptors (Lipinski definition) is 0. The molecule has 2 fully saturated rings. The van der Waals surface area contributed by atoms with Gasteiger partial charge < -0.3 is 0 Å². The fourth-order valence-electron chi connectivity index (χ4n) is 0.940. The van der Waals surface area contributed by atoms with E-state index in [9.17, 15) is 0 Å². The molecule has 0 aromatic carbocycles. The van der Waals surface area contributed by atoms with Gasteiger partial charge in [0.05, 0.1) is 0 Å². The van der Waals surface area contributed by atoms with Gasteiger partial charge in [-0.2, -0.15) is 0 Å². The molecule has 0 nitrogen and oxygen atoms in total. The molecule has 0 aromatic heterocycles. The molecular formula is C12H14Cl2Mo. The summed E-state index contributed by atoms with van der Waals surface area (Å²) in [5.41, 5.74) is 0. The van der Waals surface area contributed by atoms with E-state index < -0.39 is 16.5 Å². The van der Waals surface area contributed by atoms with Crippen LogP contribution in [0.15, 0.2) is 0 Å². The Balaban J connectivity index is 0.000000210. The minimum absolute atomic E-state index is 0.586. The number of rotatable bonds is 0. The van der Waals surface area contributed by atoms with Crippen LogP contribution in [-0.4, -0.2) is 0 Å². The van der Waals surface area contributed by atoms with Crippen molar-refractivity contribution in [3.05, 3.63) is 63.2 Å². The van der Waals surface area contributed by atoms with Crippen molar-refractivity contribution in [3.8, 4) is 0 Å². The van der Waals surface area contributed by atoms with Crippen LogP contribution in [0.5, 0.6) is 0 Å². The van der Waals surface area contributed by atoms with Crippen LogP contribution in [-0.2, 0) is 16.5 Å². The molecule has 0 amide bonds. The second-order valence-electron chi connectivity index (χ2n) is 2.98. The fraction of sp³-hybridized carbons (Fsp3) is 0.167. The summed E-state index contributed by atoms with van der Waals surface area (Å²) in [6, 6.07) is 0. The topological polar surface area (TPSA) is 0 Å². The van der Waals surface area contributed by atoms with Crippen LogP contribution in [0, 0.1) is 63.2 Å². The predicted molar refractivity (Wildman–Crippen MR) is 63.9 cm³/mol. The van der Waals surface area contributed by atoms with Crippen molar-refractivity contribution in [1.29, 1.82) is 0 Å². The van der Waals surface area contributed by atoms with Crippen molar-refractivity contribution in [1.82, 2.24) is 0 Å². The van der Waals surface area contributed by atoms with Gasteiger partial charge in [-0.05, 0) is 63.2 Å². The molecule has 2 rings (SSSR count). The third-order valence-corrected chi connectivity index (χ3v) is 1.66. The molecule has 0 bridgehead atoms. The first-order chi connectivity index (χ1) is 7.20. The Morgan fingerprint density at radius 3 is 1.00 bits per heavy atom. The Kier molecular flexibility index (Phi) is 12.7. The molecule has 82 valence electrons. The van der Waals surface area contributed by atoms with E-state index in [-0.39, 0.29) is 0 Å². The summed E-state index contributed by atoms with van der Waals surface area (Å²) in [5.74, 6) is 2.69. The molecule has 3 heteroatoms. The first-order valence-electron chi connectivity index (χ1n) is 4.46. The summed E-state index contributed by atoms with van der Waals surface area (Å²) in [6.07, 6.45) is 16.5. The van der Waals surface area contributed by atoms with Gasteiger partial charge in [-0.3, -0.25) is 0 Å². The van der Waals surface area contributed by atoms with E-state index in [0.29, 0.717) is 0 Å². The second-order valence-corrected chi connectivity index (χ2v) is 6.03. The second kappa shape index (κ2) is 11.7. The molecule has 0 atom stereocenters. The van der Waals surface area contributed by atoms with E-state index in [0.717, 1.165) is 0 Å². The van der Waals surface area contributed by atoms with Crippen LogP contribution in [0.25, 0.3) is 0 Å². The van der Waals surface area contributed by atoms with Gasteiger partial charge in [0.2, 0.25) is 0 Å². The Hall–Kier alpha value is 1.27. The number of hydrogen-bond donors (Lipinski definition) is 0. The SMILES string of the molecule is C[C]1[CH][CH][CH][CH]1.C[C]1[CH][CH][CH][CH]1.[Cl][Mo][Cl]. The fourth-order valence-corrected chi connectivity index (χ4v) is 0.940. The first kappa shape index (κ1) is 16.3. The van der Waals surface area contributed by atoms with E-state index in [1.807, 2.05) is 25.7 Å². The molecular weight excluding hydrogens is 311 g/mol. The predicted octanol–water partition coefficient (Wildman–Crippen LogP) is 4.20. The Morgan fingerprint density at radius 1 is 0.733 bits per heavy atom. The van der Waals surface area contributed by atoms with Crippen molar-refractivity contribution >= 4 is 18.8 Å². The molecule has 2 aliphatic rings. The van der Waals surface area contributed by atoms with Crippen LogP contribution in [0.2, 0.25) is 0 Å². The van der Waals surface area contributed by atoms with Gasteiger partial charge >= 0.3 is 35.3 Å². The van der Waals surface area contributed by atoms with Gasteiger partial charge in [0.15, 0.2) is 0 Å². The van der Waals surface area contributed by atoms with Gasteiger partial charge in [0.1, 0.15) is 0 Å². The zero-order chi connectivity index (χ0) is 11.5. The van der Waals surface area contributed by atoms with E-state index in [2.05, 4.69) is 39.5 Å². The molecule has 2 saturated carbocycles. The van der Waals surface area contributed by atoms with E-state index >= 15 is 0 Å². The molecule has 0 aliphatic heterocycles. The average molecular weight is 325 g/mol. The van der Waals surface area contributed by atoms with Crippen LogP contribution in [0.1, 0.15) is 13.8 Å². The third-order valence-electron chi connectivity index (χ3n) is 1.66. The summed E-state index contributed by atoms with van der Waals surface area (Å²) in [4.78, 5) is 0. The minimum atomic E-state index is -0.586. The normalized spacial score (nSPS) is 21.6. The average Bonchev–Trinajstić information content (AvgIpc) is 2.81. The van der Waals surface area contributed by atoms with E-state index in [1.165, 1.54) is 11.8 Å². The summed E-state index contributed by atoms with van der Waals surface area (Å²) in [5, 5.41) is 0. The van der Waals surface area contributed by atoms with Crippen molar-refractivity contribution in [2.45, 2.75) is 13.8 Å². The quantitative estimate of drug-likeness (QED) is 0.586. The van der Waals surface area contributed by atoms with Crippen LogP contribution < -0.4 is 0 Å². The van der Waals surface area contributed by atoms with Crippen molar-refractivity contribution in [2.75, 3.05) is 0 Å². The third kappa shape index (κ3) is 11.5. The first-order valence-corrected chi connectivity index (χ1v) is 9.63. The molecule has 2 aliphatic carbocycles. The molecule has 0 N–H and O–H groups in total. The summed E-state index contributed by atoms with van der Waals surface area (Å²) < 4.78 is 0. The van der Waals surface area contributed by atoms with E-state index in [1.54, 1.807) is 0 Å². The Morgan fingerprint density at radius 2 is 0.933 bits per heavy atom. The Bertz CT molecular complexity index is 105. The van der Waals surface area contributed by atoms with Crippen LogP contribution in [0.3, 0.4) is 0 Å². The molecule has 0 heterocycles. The van der Waals surface area contributed by atoms with E-state index in [4.69, 9.17) is 18.8 Å². The molecule has 0 spiro atoms. The zero-order valence-corrected chi connectivity index (χ0v) is 12.3. The van der Waals surface area contributed by atoms with Gasteiger partial charge in [0, 0.05) is 0 Å². The van der Waals surface area contributed by atoms with Crippen LogP contribution in [0.4, 0.5) is 0 Å². The molecule has 0 unspecified atom stereocenters. The standard InChI is InChI=1S/2C6H7.2ClH.Mo/c2*1-6-4-2-3-5-6;;;/h2*2-5H,1H3;2*1H;/q;;;;+2/p-2. The maximum absolute atomic E-state index is 4.89. The van der Waals surface area contributed by atoms with Crippen molar-refractivity contribution < 1.29 is 16.5 Å². The molecule has 15 heavy (non-hydrogen) atoms. The van der Waals surface area contributed by atoms with Crippen LogP contribution >= 0.6 is 18.8 Å². The molecule has 0 aromatic rings. The van der Waals surface area contributed by atoms with Crippen molar-refractivity contribution in [3.63, 3.8) is 0 Å². The molecule has 0 saturated heterocycles.